The lowest BCUT2D eigenvalue weighted by atomic mass is 10.0. The molecule has 1 aliphatic heterocycles. The molecule has 0 spiro atoms. The average Bonchev–Trinajstić information content (AvgIpc) is 2.69. The molecule has 140 valence electrons. The number of nitrogens with zero attached hydrogens (tertiary/aromatic N) is 3. The molecule has 0 saturated carbocycles. The van der Waals surface area contributed by atoms with Crippen LogP contribution in [0.3, 0.4) is 0 Å². The van der Waals surface area contributed by atoms with Crippen molar-refractivity contribution in [3.63, 3.8) is 0 Å². The molecular weight excluding hydrogens is 350 g/mol. The van der Waals surface area contributed by atoms with Gasteiger partial charge in [0.2, 0.25) is 5.91 Å². The van der Waals surface area contributed by atoms with Crippen molar-refractivity contribution in [3.05, 3.63) is 63.7 Å². The van der Waals surface area contributed by atoms with E-state index in [1.807, 2.05) is 12.1 Å². The highest BCUT2D eigenvalue weighted by Gasteiger charge is 2.22. The van der Waals surface area contributed by atoms with E-state index in [1.54, 1.807) is 32.4 Å². The second kappa shape index (κ2) is 7.86. The molecule has 1 aliphatic rings. The monoisotopic (exact) mass is 369 g/mol. The molecule has 0 aliphatic carbocycles. The number of rotatable bonds is 6. The maximum atomic E-state index is 12.2. The van der Waals surface area contributed by atoms with E-state index in [9.17, 15) is 14.9 Å². The number of ether oxygens (including phenoxy) is 2. The molecule has 1 heterocycles. The third-order valence-electron chi connectivity index (χ3n) is 4.30. The Morgan fingerprint density at radius 3 is 2.41 bits per heavy atom. The number of nitro benzene ring substituents is 1. The van der Waals surface area contributed by atoms with Gasteiger partial charge in [-0.25, -0.2) is 5.01 Å². The lowest BCUT2D eigenvalue weighted by Crippen LogP contribution is -2.31. The fourth-order valence-electron chi connectivity index (χ4n) is 2.84. The van der Waals surface area contributed by atoms with Gasteiger partial charge in [0.25, 0.3) is 5.69 Å². The van der Waals surface area contributed by atoms with Gasteiger partial charge in [-0.15, -0.1) is 0 Å². The van der Waals surface area contributed by atoms with E-state index in [4.69, 9.17) is 9.47 Å². The van der Waals surface area contributed by atoms with Crippen LogP contribution in [0.5, 0.6) is 11.5 Å². The van der Waals surface area contributed by atoms with Crippen molar-refractivity contribution in [1.29, 1.82) is 0 Å². The molecule has 8 nitrogen and oxygen atoms in total. The standard InChI is InChI=1S/C19H19N3O5/c1-26-17-9-5-14(11-18(17)27-2)16-8-10-19(23)21(20-16)12-13-3-6-15(7-4-13)22(24)25/h3-7,9,11H,8,10,12H2,1-2H3. The van der Waals surface area contributed by atoms with Gasteiger partial charge >= 0.3 is 0 Å². The Kier molecular flexibility index (Phi) is 5.35. The van der Waals surface area contributed by atoms with Gasteiger partial charge in [-0.3, -0.25) is 14.9 Å². The number of non-ortho nitro benzene ring substituents is 1. The first-order valence-electron chi connectivity index (χ1n) is 8.35. The number of benzene rings is 2. The van der Waals surface area contributed by atoms with Crippen molar-refractivity contribution < 1.29 is 19.2 Å². The minimum atomic E-state index is -0.455. The maximum Gasteiger partial charge on any atom is 0.269 e. The number of hydrogen-bond donors (Lipinski definition) is 0. The van der Waals surface area contributed by atoms with Crippen LogP contribution in [0, 0.1) is 10.1 Å². The summed E-state index contributed by atoms with van der Waals surface area (Å²) in [4.78, 5) is 22.5. The van der Waals surface area contributed by atoms with E-state index >= 15 is 0 Å². The minimum Gasteiger partial charge on any atom is -0.493 e. The predicted molar refractivity (Wildman–Crippen MR) is 99.0 cm³/mol. The highest BCUT2D eigenvalue weighted by Crippen LogP contribution is 2.29. The van der Waals surface area contributed by atoms with Gasteiger partial charge in [0.15, 0.2) is 11.5 Å². The average molecular weight is 369 g/mol. The summed E-state index contributed by atoms with van der Waals surface area (Å²) in [5.41, 5.74) is 2.41. The maximum absolute atomic E-state index is 12.2. The summed E-state index contributed by atoms with van der Waals surface area (Å²) in [5.74, 6) is 1.13. The van der Waals surface area contributed by atoms with E-state index in [2.05, 4.69) is 5.10 Å². The zero-order valence-corrected chi connectivity index (χ0v) is 15.0. The van der Waals surface area contributed by atoms with Crippen molar-refractivity contribution in [2.24, 2.45) is 5.10 Å². The molecule has 1 amide bonds. The van der Waals surface area contributed by atoms with Gasteiger partial charge in [0.1, 0.15) is 0 Å². The first kappa shape index (κ1) is 18.4. The SMILES string of the molecule is COc1ccc(C2=NN(Cc3ccc([N+](=O)[O-])cc3)C(=O)CC2)cc1OC. The van der Waals surface area contributed by atoms with Gasteiger partial charge in [-0.2, -0.15) is 5.10 Å². The molecule has 3 rings (SSSR count). The number of hydrogen-bond acceptors (Lipinski definition) is 6. The third-order valence-corrected chi connectivity index (χ3v) is 4.30. The van der Waals surface area contributed by atoms with Crippen LogP contribution in [0.1, 0.15) is 24.0 Å². The Bertz CT molecular complexity index is 893. The molecule has 0 atom stereocenters. The lowest BCUT2D eigenvalue weighted by molar-refractivity contribution is -0.384. The summed E-state index contributed by atoms with van der Waals surface area (Å²) in [6, 6.07) is 11.6. The van der Waals surface area contributed by atoms with Crippen LogP contribution in [0.25, 0.3) is 0 Å². The predicted octanol–water partition coefficient (Wildman–Crippen LogP) is 3.14. The number of carbonyl (C=O) groups is 1. The molecular formula is C19H19N3O5. The van der Waals surface area contributed by atoms with Crippen molar-refractivity contribution in [1.82, 2.24) is 5.01 Å². The number of hydrazone groups is 1. The molecule has 0 fully saturated rings. The van der Waals surface area contributed by atoms with Gasteiger partial charge in [-0.05, 0) is 23.8 Å². The second-order valence-electron chi connectivity index (χ2n) is 5.99. The van der Waals surface area contributed by atoms with Crippen LogP contribution in [-0.2, 0) is 11.3 Å². The summed E-state index contributed by atoms with van der Waals surface area (Å²) in [5, 5.41) is 16.6. The van der Waals surface area contributed by atoms with Gasteiger partial charge in [0, 0.05) is 30.5 Å². The molecule has 0 N–H and O–H groups in total. The van der Waals surface area contributed by atoms with Crippen molar-refractivity contribution in [2.75, 3.05) is 14.2 Å². The Labute approximate surface area is 156 Å². The number of amides is 1. The zero-order chi connectivity index (χ0) is 19.4. The van der Waals surface area contributed by atoms with Crippen LogP contribution in [0.15, 0.2) is 47.6 Å². The van der Waals surface area contributed by atoms with Gasteiger partial charge < -0.3 is 9.47 Å². The summed E-state index contributed by atoms with van der Waals surface area (Å²) >= 11 is 0. The number of nitro groups is 1. The first-order valence-corrected chi connectivity index (χ1v) is 8.35. The van der Waals surface area contributed by atoms with Crippen LogP contribution >= 0.6 is 0 Å². The molecule has 8 heteroatoms. The summed E-state index contributed by atoms with van der Waals surface area (Å²) in [7, 11) is 3.13. The van der Waals surface area contributed by atoms with Crippen molar-refractivity contribution in [2.45, 2.75) is 19.4 Å². The second-order valence-corrected chi connectivity index (χ2v) is 5.99. The molecule has 0 radical (unpaired) electrons. The van der Waals surface area contributed by atoms with E-state index in [-0.39, 0.29) is 18.1 Å². The van der Waals surface area contributed by atoms with E-state index < -0.39 is 4.92 Å². The molecule has 2 aromatic rings. The Balaban J connectivity index is 1.84. The third kappa shape index (κ3) is 4.05. The van der Waals surface area contributed by atoms with Crippen LogP contribution in [0.2, 0.25) is 0 Å². The Morgan fingerprint density at radius 2 is 1.78 bits per heavy atom. The molecule has 0 saturated heterocycles. The molecule has 0 aromatic heterocycles. The quantitative estimate of drug-likeness (QED) is 0.576. The molecule has 27 heavy (non-hydrogen) atoms. The zero-order valence-electron chi connectivity index (χ0n) is 15.0. The van der Waals surface area contributed by atoms with Crippen molar-refractivity contribution >= 4 is 17.3 Å². The van der Waals surface area contributed by atoms with Crippen LogP contribution in [0.4, 0.5) is 5.69 Å². The smallest absolute Gasteiger partial charge is 0.269 e. The summed E-state index contributed by atoms with van der Waals surface area (Å²) < 4.78 is 10.6. The number of methoxy groups -OCH3 is 2. The van der Waals surface area contributed by atoms with Crippen LogP contribution < -0.4 is 9.47 Å². The van der Waals surface area contributed by atoms with E-state index in [0.29, 0.717) is 24.3 Å². The fourth-order valence-corrected chi connectivity index (χ4v) is 2.84. The summed E-state index contributed by atoms with van der Waals surface area (Å²) in [6.45, 7) is 0.258. The highest BCUT2D eigenvalue weighted by molar-refractivity contribution is 6.04. The van der Waals surface area contributed by atoms with E-state index in [1.165, 1.54) is 17.1 Å². The molecule has 0 unspecified atom stereocenters. The first-order chi connectivity index (χ1) is 13.0. The van der Waals surface area contributed by atoms with Gasteiger partial charge in [-0.1, -0.05) is 12.1 Å². The Morgan fingerprint density at radius 1 is 1.07 bits per heavy atom. The molecule has 2 aromatic carbocycles. The number of carbonyl (C=O) groups excluding carboxylic acids is 1. The molecule has 0 bridgehead atoms. The van der Waals surface area contributed by atoms with Gasteiger partial charge in [0.05, 0.1) is 31.4 Å². The highest BCUT2D eigenvalue weighted by atomic mass is 16.6. The summed E-state index contributed by atoms with van der Waals surface area (Å²) in [6.07, 6.45) is 0.880. The topological polar surface area (TPSA) is 94.3 Å². The Hall–Kier alpha value is -3.42. The fraction of sp³-hybridized carbons (Fsp3) is 0.263. The van der Waals surface area contributed by atoms with Crippen LogP contribution in [-0.4, -0.2) is 35.8 Å². The minimum absolute atomic E-state index is 0.0123. The largest absolute Gasteiger partial charge is 0.493 e. The normalized spacial score (nSPS) is 13.9. The lowest BCUT2D eigenvalue weighted by Gasteiger charge is -2.24. The van der Waals surface area contributed by atoms with E-state index in [0.717, 1.165) is 16.8 Å². The van der Waals surface area contributed by atoms with Crippen molar-refractivity contribution in [3.8, 4) is 11.5 Å².